The van der Waals surface area contributed by atoms with Crippen molar-refractivity contribution in [3.05, 3.63) is 68.6 Å². The van der Waals surface area contributed by atoms with Crippen LogP contribution in [0.3, 0.4) is 0 Å². The molecule has 1 amide bonds. The van der Waals surface area contributed by atoms with E-state index in [0.717, 1.165) is 5.01 Å². The Balaban J connectivity index is 1.73. The van der Waals surface area contributed by atoms with Crippen LogP contribution in [-0.2, 0) is 27.2 Å². The van der Waals surface area contributed by atoms with Crippen molar-refractivity contribution in [2.24, 2.45) is 5.41 Å². The molecule has 220 valence electrons. The zero-order valence-electron chi connectivity index (χ0n) is 23.6. The maximum absolute atomic E-state index is 14.2. The molecule has 2 atom stereocenters. The van der Waals surface area contributed by atoms with Crippen LogP contribution >= 0.6 is 22.9 Å². The molecule has 0 saturated heterocycles. The smallest absolute Gasteiger partial charge is 0.308 e. The van der Waals surface area contributed by atoms with Gasteiger partial charge in [-0.25, -0.2) is 4.98 Å². The highest BCUT2D eigenvalue weighted by atomic mass is 35.5. The van der Waals surface area contributed by atoms with Gasteiger partial charge in [-0.15, -0.1) is 11.3 Å². The number of anilines is 1. The average molecular weight is 603 g/mol. The lowest BCUT2D eigenvalue weighted by Crippen LogP contribution is -2.45. The van der Waals surface area contributed by atoms with E-state index in [0.29, 0.717) is 57.5 Å². The van der Waals surface area contributed by atoms with Crippen molar-refractivity contribution in [2.45, 2.75) is 51.7 Å². The topological polar surface area (TPSA) is 118 Å². The Bertz CT molecular complexity index is 1390. The summed E-state index contributed by atoms with van der Waals surface area (Å²) >= 11 is 7.84. The van der Waals surface area contributed by atoms with Crippen LogP contribution < -0.4 is 14.4 Å². The summed E-state index contributed by atoms with van der Waals surface area (Å²) < 4.78 is 18.0. The number of aliphatic hydroxyl groups is 1. The quantitative estimate of drug-likeness (QED) is 0.287. The van der Waals surface area contributed by atoms with E-state index in [1.54, 1.807) is 43.5 Å². The number of rotatable bonds is 12. The molecular weight excluding hydrogens is 568 g/mol. The van der Waals surface area contributed by atoms with Gasteiger partial charge in [-0.05, 0) is 43.5 Å². The molecule has 41 heavy (non-hydrogen) atoms. The number of carboxylic acids is 1. The second-order valence-corrected chi connectivity index (χ2v) is 12.4. The summed E-state index contributed by atoms with van der Waals surface area (Å²) in [6.45, 7) is 3.96. The second kappa shape index (κ2) is 13.2. The molecule has 1 aliphatic rings. The van der Waals surface area contributed by atoms with Crippen LogP contribution in [0.1, 0.15) is 53.8 Å². The molecule has 0 aliphatic carbocycles. The normalized spacial score (nSPS) is 17.2. The SMILES string of the molecule is COc1cccc([C@H]2O[C@H](CCCc3ncc(CC(=O)O)s3)C(=O)N(CC(C)(C)CO)c3ccc(Cl)cc32)c1OC. The molecule has 3 aromatic rings. The average Bonchev–Trinajstić information content (AvgIpc) is 3.35. The number of thiazole rings is 1. The number of fused-ring (bicyclic) bond motifs is 1. The van der Waals surface area contributed by atoms with Crippen molar-refractivity contribution in [2.75, 3.05) is 32.3 Å². The van der Waals surface area contributed by atoms with Gasteiger partial charge in [0.25, 0.3) is 5.91 Å². The molecule has 0 spiro atoms. The van der Waals surface area contributed by atoms with Crippen molar-refractivity contribution < 1.29 is 34.0 Å². The largest absolute Gasteiger partial charge is 0.493 e. The molecule has 0 radical (unpaired) electrons. The number of para-hydroxylation sites is 1. The second-order valence-electron chi connectivity index (χ2n) is 10.7. The van der Waals surface area contributed by atoms with Crippen molar-refractivity contribution in [3.63, 3.8) is 0 Å². The third-order valence-corrected chi connectivity index (χ3v) is 8.21. The Morgan fingerprint density at radius 3 is 2.66 bits per heavy atom. The zero-order valence-corrected chi connectivity index (χ0v) is 25.1. The van der Waals surface area contributed by atoms with E-state index in [2.05, 4.69) is 4.98 Å². The molecule has 4 rings (SSSR count). The summed E-state index contributed by atoms with van der Waals surface area (Å²) in [5, 5.41) is 20.4. The molecule has 0 unspecified atom stereocenters. The number of amides is 1. The number of hydrogen-bond donors (Lipinski definition) is 2. The molecule has 11 heteroatoms. The van der Waals surface area contributed by atoms with Gasteiger partial charge in [0.2, 0.25) is 0 Å². The Morgan fingerprint density at radius 1 is 1.20 bits per heavy atom. The van der Waals surface area contributed by atoms with E-state index in [1.807, 2.05) is 32.0 Å². The van der Waals surface area contributed by atoms with E-state index in [1.165, 1.54) is 11.3 Å². The Morgan fingerprint density at radius 2 is 1.98 bits per heavy atom. The maximum atomic E-state index is 14.2. The Kier molecular flexibility index (Phi) is 9.91. The monoisotopic (exact) mass is 602 g/mol. The van der Waals surface area contributed by atoms with Gasteiger partial charge in [-0.3, -0.25) is 9.59 Å². The Labute approximate surface area is 248 Å². The van der Waals surface area contributed by atoms with Crippen LogP contribution in [0.25, 0.3) is 0 Å². The summed E-state index contributed by atoms with van der Waals surface area (Å²) in [4.78, 5) is 31.9. The number of nitrogens with zero attached hydrogens (tertiary/aromatic N) is 2. The van der Waals surface area contributed by atoms with E-state index < -0.39 is 23.6 Å². The van der Waals surface area contributed by atoms with Crippen LogP contribution in [0.4, 0.5) is 5.69 Å². The van der Waals surface area contributed by atoms with Gasteiger partial charge in [-0.2, -0.15) is 0 Å². The lowest BCUT2D eigenvalue weighted by Gasteiger charge is -2.32. The van der Waals surface area contributed by atoms with Gasteiger partial charge >= 0.3 is 5.97 Å². The minimum atomic E-state index is -0.901. The standard InChI is InChI=1S/C30H35ClN2O7S/c1-30(2,17-34)16-33-22-12-11-18(31)13-21(22)27(20-7-5-8-23(38-3)28(20)39-4)40-24(29(33)37)9-6-10-25-32-15-19(41-25)14-26(35)36/h5,7-8,11-13,15,24,27,34H,6,9-10,14,16-17H2,1-4H3,(H,35,36)/t24-,27-/m1/s1. The number of carbonyl (C=O) groups excluding carboxylic acids is 1. The van der Waals surface area contributed by atoms with Crippen molar-refractivity contribution >= 4 is 40.5 Å². The number of methoxy groups -OCH3 is 2. The first-order valence-corrected chi connectivity index (χ1v) is 14.5. The van der Waals surface area contributed by atoms with Crippen molar-refractivity contribution in [3.8, 4) is 11.5 Å². The first kappa shape index (κ1) is 30.8. The van der Waals surface area contributed by atoms with Gasteiger partial charge in [0.1, 0.15) is 12.2 Å². The number of aliphatic carboxylic acids is 1. The first-order chi connectivity index (χ1) is 19.6. The highest BCUT2D eigenvalue weighted by molar-refractivity contribution is 7.11. The number of aliphatic hydroxyl groups excluding tert-OH is 1. The molecule has 9 nitrogen and oxygen atoms in total. The fraction of sp³-hybridized carbons (Fsp3) is 0.433. The van der Waals surface area contributed by atoms with Gasteiger partial charge in [0.15, 0.2) is 11.5 Å². The molecule has 0 fully saturated rings. The van der Waals surface area contributed by atoms with E-state index in [-0.39, 0.29) is 25.5 Å². The molecule has 2 N–H and O–H groups in total. The Hall–Kier alpha value is -3.18. The summed E-state index contributed by atoms with van der Waals surface area (Å²) in [5.74, 6) is -0.0918. The number of aromatic nitrogens is 1. The minimum Gasteiger partial charge on any atom is -0.493 e. The van der Waals surface area contributed by atoms with Crippen LogP contribution in [0.2, 0.25) is 5.02 Å². The molecule has 2 heterocycles. The van der Waals surface area contributed by atoms with Gasteiger partial charge in [0, 0.05) is 51.5 Å². The highest BCUT2D eigenvalue weighted by Crippen LogP contribution is 2.45. The molecular formula is C30H35ClN2O7S. The maximum Gasteiger partial charge on any atom is 0.308 e. The number of ether oxygens (including phenoxy) is 3. The summed E-state index contributed by atoms with van der Waals surface area (Å²) in [6.07, 6.45) is 1.56. The number of halogens is 1. The predicted molar refractivity (Wildman–Crippen MR) is 157 cm³/mol. The third-order valence-electron chi connectivity index (χ3n) is 6.92. The third kappa shape index (κ3) is 7.19. The van der Waals surface area contributed by atoms with E-state index >= 15 is 0 Å². The van der Waals surface area contributed by atoms with Gasteiger partial charge in [0.05, 0.1) is 25.6 Å². The molecule has 1 aliphatic heterocycles. The number of carboxylic acid groups (broad SMARTS) is 1. The number of benzene rings is 2. The lowest BCUT2D eigenvalue weighted by atomic mass is 9.92. The van der Waals surface area contributed by atoms with Crippen molar-refractivity contribution in [1.29, 1.82) is 0 Å². The summed E-state index contributed by atoms with van der Waals surface area (Å²) in [7, 11) is 3.12. The van der Waals surface area contributed by atoms with E-state index in [9.17, 15) is 14.7 Å². The summed E-state index contributed by atoms with van der Waals surface area (Å²) in [6, 6.07) is 10.9. The zero-order chi connectivity index (χ0) is 29.7. The molecule has 0 bridgehead atoms. The predicted octanol–water partition coefficient (Wildman–Crippen LogP) is 5.30. The molecule has 0 saturated carbocycles. The van der Waals surface area contributed by atoms with Crippen molar-refractivity contribution in [1.82, 2.24) is 4.98 Å². The minimum absolute atomic E-state index is 0.0671. The highest BCUT2D eigenvalue weighted by Gasteiger charge is 2.39. The van der Waals surface area contributed by atoms with Crippen LogP contribution in [0, 0.1) is 5.41 Å². The number of carbonyl (C=O) groups is 2. The lowest BCUT2D eigenvalue weighted by molar-refractivity contribution is -0.136. The number of aryl methyl sites for hydroxylation is 1. The van der Waals surface area contributed by atoms with Crippen LogP contribution in [0.5, 0.6) is 11.5 Å². The fourth-order valence-corrected chi connectivity index (χ4v) is 6.03. The van der Waals surface area contributed by atoms with Gasteiger partial charge in [-0.1, -0.05) is 37.6 Å². The van der Waals surface area contributed by atoms with Gasteiger partial charge < -0.3 is 29.3 Å². The van der Waals surface area contributed by atoms with E-state index in [4.69, 9.17) is 30.9 Å². The van der Waals surface area contributed by atoms with Crippen LogP contribution in [-0.4, -0.2) is 60.5 Å². The molecule has 2 aromatic carbocycles. The fourth-order valence-electron chi connectivity index (χ4n) is 4.89. The van der Waals surface area contributed by atoms with Crippen LogP contribution in [0.15, 0.2) is 42.6 Å². The number of hydrogen-bond acceptors (Lipinski definition) is 8. The summed E-state index contributed by atoms with van der Waals surface area (Å²) in [5.41, 5.74) is 1.46. The molecule has 1 aromatic heterocycles. The first-order valence-electron chi connectivity index (χ1n) is 13.3.